The Hall–Kier alpha value is -3.80. The second-order valence-corrected chi connectivity index (χ2v) is 13.9. The van der Waals surface area contributed by atoms with Gasteiger partial charge in [-0.1, -0.05) is 50.2 Å². The summed E-state index contributed by atoms with van der Waals surface area (Å²) in [7, 11) is 0. The summed E-state index contributed by atoms with van der Waals surface area (Å²) in [5.74, 6) is -4.43. The third kappa shape index (κ3) is 5.52. The quantitative estimate of drug-likeness (QED) is 0.314. The number of hydrogen-bond donors (Lipinski definition) is 2. The fourth-order valence-electron chi connectivity index (χ4n) is 8.10. The van der Waals surface area contributed by atoms with Gasteiger partial charge >= 0.3 is 23.9 Å². The molecule has 254 valence electrons. The largest absolute Gasteiger partial charge is 0.458 e. The van der Waals surface area contributed by atoms with Crippen molar-refractivity contribution < 1.29 is 53.1 Å². The Bertz CT molecular complexity index is 1510. The average molecular weight is 653 g/mol. The summed E-state index contributed by atoms with van der Waals surface area (Å²) in [5, 5.41) is 24.7. The molecule has 3 aliphatic rings. The van der Waals surface area contributed by atoms with Crippen LogP contribution < -0.4 is 0 Å². The molecule has 47 heavy (non-hydrogen) atoms. The van der Waals surface area contributed by atoms with E-state index < -0.39 is 88.5 Å². The number of fused-ring (bicyclic) bond motifs is 1. The Morgan fingerprint density at radius 2 is 1.38 bits per heavy atom. The van der Waals surface area contributed by atoms with Crippen LogP contribution in [0.1, 0.15) is 82.0 Å². The first kappa shape index (κ1) is 34.5. The molecule has 11 heteroatoms. The fourth-order valence-corrected chi connectivity index (χ4v) is 8.10. The summed E-state index contributed by atoms with van der Waals surface area (Å²) < 4.78 is 31.1. The molecule has 0 amide bonds. The third-order valence-corrected chi connectivity index (χ3v) is 10.4. The Kier molecular flexibility index (Phi) is 9.06. The molecule has 3 fully saturated rings. The number of rotatable bonds is 8. The molecule has 0 radical (unpaired) electrons. The van der Waals surface area contributed by atoms with E-state index in [0.717, 1.165) is 0 Å². The summed E-state index contributed by atoms with van der Waals surface area (Å²) in [6.07, 6.45) is -6.89. The van der Waals surface area contributed by atoms with Gasteiger partial charge in [-0.25, -0.2) is 9.59 Å². The van der Waals surface area contributed by atoms with Crippen LogP contribution in [-0.4, -0.2) is 81.4 Å². The number of carbonyl (C=O) groups excluding carboxylic acids is 4. The van der Waals surface area contributed by atoms with E-state index in [0.29, 0.717) is 6.42 Å². The zero-order chi connectivity index (χ0) is 34.5. The lowest BCUT2D eigenvalue weighted by Crippen LogP contribution is -2.83. The van der Waals surface area contributed by atoms with Crippen molar-refractivity contribution in [2.45, 2.75) is 109 Å². The van der Waals surface area contributed by atoms with Gasteiger partial charge in [-0.3, -0.25) is 9.59 Å². The fraction of sp³-hybridized carbons (Fsp3) is 0.556. The minimum atomic E-state index is -1.97. The molecule has 11 nitrogen and oxygen atoms in total. The molecule has 10 atom stereocenters. The number of ether oxygens (including phenoxy) is 5. The summed E-state index contributed by atoms with van der Waals surface area (Å²) in [6, 6.07) is 16.3. The van der Waals surface area contributed by atoms with Gasteiger partial charge in [0.05, 0.1) is 45.7 Å². The topological polar surface area (TPSA) is 155 Å². The molecule has 2 bridgehead atoms. The average Bonchev–Trinajstić information content (AvgIpc) is 3.22. The van der Waals surface area contributed by atoms with Gasteiger partial charge in [0.15, 0.2) is 12.2 Å². The maximum absolute atomic E-state index is 13.9. The Balaban J connectivity index is 1.75. The highest BCUT2D eigenvalue weighted by atomic mass is 16.6. The Labute approximate surface area is 274 Å². The van der Waals surface area contributed by atoms with Crippen LogP contribution >= 0.6 is 0 Å². The maximum atomic E-state index is 13.9. The van der Waals surface area contributed by atoms with Gasteiger partial charge in [0.1, 0.15) is 17.8 Å². The third-order valence-electron chi connectivity index (χ3n) is 10.4. The number of aliphatic hydroxyl groups is 2. The molecule has 2 aromatic rings. The number of benzene rings is 2. The van der Waals surface area contributed by atoms with E-state index in [1.54, 1.807) is 88.4 Å². The smallest absolute Gasteiger partial charge is 0.338 e. The number of carbonyl (C=O) groups is 4. The van der Waals surface area contributed by atoms with Gasteiger partial charge in [0, 0.05) is 13.3 Å². The van der Waals surface area contributed by atoms with E-state index in [1.807, 2.05) is 6.92 Å². The van der Waals surface area contributed by atoms with Crippen molar-refractivity contribution in [2.75, 3.05) is 0 Å². The van der Waals surface area contributed by atoms with E-state index in [9.17, 15) is 29.4 Å². The van der Waals surface area contributed by atoms with E-state index >= 15 is 0 Å². The predicted octanol–water partition coefficient (Wildman–Crippen LogP) is 4.03. The van der Waals surface area contributed by atoms with Crippen molar-refractivity contribution >= 4 is 23.9 Å². The van der Waals surface area contributed by atoms with E-state index in [1.165, 1.54) is 13.8 Å². The molecule has 1 aliphatic heterocycles. The molecule has 1 heterocycles. The first-order valence-electron chi connectivity index (χ1n) is 16.0. The van der Waals surface area contributed by atoms with Gasteiger partial charge in [0.25, 0.3) is 0 Å². The van der Waals surface area contributed by atoms with Crippen molar-refractivity contribution in [1.29, 1.82) is 0 Å². The molecule has 2 saturated carbocycles. The Morgan fingerprint density at radius 1 is 0.851 bits per heavy atom. The lowest BCUT2D eigenvalue weighted by atomic mass is 9.46. The highest BCUT2D eigenvalue weighted by Crippen LogP contribution is 2.68. The van der Waals surface area contributed by atoms with Crippen LogP contribution in [0.15, 0.2) is 60.7 Å². The van der Waals surface area contributed by atoms with Gasteiger partial charge in [-0.05, 0) is 58.4 Å². The highest BCUT2D eigenvalue weighted by molar-refractivity contribution is 5.90. The second kappa shape index (κ2) is 12.3. The monoisotopic (exact) mass is 652 g/mol. The molecule has 1 spiro atoms. The van der Waals surface area contributed by atoms with Crippen LogP contribution in [0.25, 0.3) is 0 Å². The molecule has 2 aliphatic carbocycles. The Morgan fingerprint density at radius 3 is 1.89 bits per heavy atom. The van der Waals surface area contributed by atoms with Crippen LogP contribution in [0.4, 0.5) is 0 Å². The zero-order valence-electron chi connectivity index (χ0n) is 27.8. The lowest BCUT2D eigenvalue weighted by Gasteiger charge is -2.65. The van der Waals surface area contributed by atoms with E-state index in [-0.39, 0.29) is 17.5 Å². The summed E-state index contributed by atoms with van der Waals surface area (Å²) in [5.41, 5.74) is -6.66. The number of hydrogen-bond acceptors (Lipinski definition) is 11. The zero-order valence-corrected chi connectivity index (χ0v) is 27.8. The predicted molar refractivity (Wildman–Crippen MR) is 167 cm³/mol. The van der Waals surface area contributed by atoms with E-state index in [2.05, 4.69) is 0 Å². The number of esters is 4. The van der Waals surface area contributed by atoms with Crippen molar-refractivity contribution in [3.63, 3.8) is 0 Å². The second-order valence-electron chi connectivity index (χ2n) is 13.9. The summed E-state index contributed by atoms with van der Waals surface area (Å²) >= 11 is 0. The van der Waals surface area contributed by atoms with Crippen molar-refractivity contribution in [3.05, 3.63) is 71.8 Å². The minimum absolute atomic E-state index is 0.184. The molecule has 0 unspecified atom stereocenters. The summed E-state index contributed by atoms with van der Waals surface area (Å²) in [4.78, 5) is 53.5. The van der Waals surface area contributed by atoms with Crippen LogP contribution in [-0.2, 0) is 33.3 Å². The number of aliphatic hydroxyl groups excluding tert-OH is 1. The first-order chi connectivity index (χ1) is 22.0. The van der Waals surface area contributed by atoms with Gasteiger partial charge in [0.2, 0.25) is 0 Å². The van der Waals surface area contributed by atoms with Crippen LogP contribution in [0, 0.1) is 17.3 Å². The first-order valence-corrected chi connectivity index (χ1v) is 16.0. The van der Waals surface area contributed by atoms with Crippen molar-refractivity contribution in [1.82, 2.24) is 0 Å². The maximum Gasteiger partial charge on any atom is 0.338 e. The molecular formula is C36H44O11. The summed E-state index contributed by atoms with van der Waals surface area (Å²) in [6.45, 7) is 11.1. The van der Waals surface area contributed by atoms with Crippen molar-refractivity contribution in [3.8, 4) is 0 Å². The SMILES string of the molecule is CC[C@@H](C)C(=O)O[C@H]1C[C@](C)(O)[C@]23OC(C)(C)[C@H]([C@@H](OC(=O)c4ccccc4)[C@H](OC(=O)c4ccccc4)[C@]2(C)[C@H]1OC(C)=O)[C@H]3O. The minimum Gasteiger partial charge on any atom is -0.458 e. The van der Waals surface area contributed by atoms with E-state index in [4.69, 9.17) is 23.7 Å². The van der Waals surface area contributed by atoms with Crippen LogP contribution in [0.2, 0.25) is 0 Å². The van der Waals surface area contributed by atoms with Gasteiger partial charge < -0.3 is 33.9 Å². The van der Waals surface area contributed by atoms with Crippen molar-refractivity contribution in [2.24, 2.45) is 17.3 Å². The lowest BCUT2D eigenvalue weighted by molar-refractivity contribution is -0.351. The molecule has 0 aromatic heterocycles. The van der Waals surface area contributed by atoms with Crippen LogP contribution in [0.3, 0.4) is 0 Å². The molecule has 2 N–H and O–H groups in total. The molecule has 2 aromatic carbocycles. The van der Waals surface area contributed by atoms with Crippen LogP contribution in [0.5, 0.6) is 0 Å². The molecule has 1 saturated heterocycles. The standard InChI is InChI=1S/C36H44O11/c1-8-20(2)30(39)44-24-19-34(6,42)36-27(38)25(33(4,5)47-36)26(45-31(40)22-15-11-9-12-16-22)29(35(36,7)28(24)43-21(3)37)46-32(41)23-17-13-10-14-18-23/h9-18,20,24-29,38,42H,8,19H2,1-7H3/t20-,24+,25-,26-,27-,28+,29+,34+,35+,36+/m1/s1. The molecular weight excluding hydrogens is 608 g/mol. The normalized spacial score (nSPS) is 35.9. The molecule has 5 rings (SSSR count). The highest BCUT2D eigenvalue weighted by Gasteiger charge is 2.86. The van der Waals surface area contributed by atoms with Gasteiger partial charge in [-0.15, -0.1) is 0 Å². The van der Waals surface area contributed by atoms with Gasteiger partial charge in [-0.2, -0.15) is 0 Å².